The second kappa shape index (κ2) is 5.10. The zero-order valence-electron chi connectivity index (χ0n) is 9.45. The first-order chi connectivity index (χ1) is 8.56. The Kier molecular flexibility index (Phi) is 3.53. The minimum atomic E-state index is -0.498. The summed E-state index contributed by atoms with van der Waals surface area (Å²) in [4.78, 5) is 19.4. The SMILES string of the molecule is Cc1cnc(Cl)c(NC(=O)c2ccc(F)cn2)c1. The van der Waals surface area contributed by atoms with E-state index in [9.17, 15) is 9.18 Å². The van der Waals surface area contributed by atoms with Gasteiger partial charge in [-0.25, -0.2) is 14.4 Å². The fourth-order valence-corrected chi connectivity index (χ4v) is 1.49. The van der Waals surface area contributed by atoms with Crippen LogP contribution in [0.4, 0.5) is 10.1 Å². The summed E-state index contributed by atoms with van der Waals surface area (Å²) in [6, 6.07) is 4.15. The maximum Gasteiger partial charge on any atom is 0.274 e. The van der Waals surface area contributed by atoms with E-state index < -0.39 is 11.7 Å². The Labute approximate surface area is 108 Å². The second-order valence-corrected chi connectivity index (χ2v) is 4.02. The third kappa shape index (κ3) is 2.81. The van der Waals surface area contributed by atoms with Crippen molar-refractivity contribution in [2.24, 2.45) is 0 Å². The third-order valence-electron chi connectivity index (χ3n) is 2.18. The molecule has 0 aliphatic rings. The van der Waals surface area contributed by atoms with E-state index in [0.29, 0.717) is 5.69 Å². The average molecular weight is 266 g/mol. The summed E-state index contributed by atoms with van der Waals surface area (Å²) < 4.78 is 12.7. The smallest absolute Gasteiger partial charge is 0.274 e. The van der Waals surface area contributed by atoms with Crippen LogP contribution in [0, 0.1) is 12.7 Å². The van der Waals surface area contributed by atoms with Crippen molar-refractivity contribution < 1.29 is 9.18 Å². The van der Waals surface area contributed by atoms with Gasteiger partial charge in [0.1, 0.15) is 11.5 Å². The van der Waals surface area contributed by atoms with Crippen LogP contribution in [0.1, 0.15) is 16.1 Å². The largest absolute Gasteiger partial charge is 0.318 e. The number of rotatable bonds is 2. The van der Waals surface area contributed by atoms with Gasteiger partial charge < -0.3 is 5.32 Å². The van der Waals surface area contributed by atoms with Crippen molar-refractivity contribution in [2.45, 2.75) is 6.92 Å². The molecule has 0 aliphatic carbocycles. The van der Waals surface area contributed by atoms with Crippen molar-refractivity contribution in [2.75, 3.05) is 5.32 Å². The average Bonchev–Trinajstić information content (AvgIpc) is 2.34. The molecule has 2 rings (SSSR count). The van der Waals surface area contributed by atoms with Crippen LogP contribution >= 0.6 is 11.6 Å². The molecule has 4 nitrogen and oxygen atoms in total. The van der Waals surface area contributed by atoms with Crippen molar-refractivity contribution in [3.05, 3.63) is 52.8 Å². The maximum atomic E-state index is 12.7. The van der Waals surface area contributed by atoms with Gasteiger partial charge in [-0.1, -0.05) is 11.6 Å². The highest BCUT2D eigenvalue weighted by Crippen LogP contribution is 2.20. The topological polar surface area (TPSA) is 54.9 Å². The lowest BCUT2D eigenvalue weighted by atomic mass is 10.3. The van der Waals surface area contributed by atoms with Crippen molar-refractivity contribution in [1.29, 1.82) is 0 Å². The van der Waals surface area contributed by atoms with Gasteiger partial charge in [-0.2, -0.15) is 0 Å². The molecule has 0 unspecified atom stereocenters. The Morgan fingerprint density at radius 2 is 2.11 bits per heavy atom. The zero-order chi connectivity index (χ0) is 13.1. The molecule has 0 radical (unpaired) electrons. The number of pyridine rings is 2. The Balaban J connectivity index is 2.21. The summed E-state index contributed by atoms with van der Waals surface area (Å²) in [5.74, 6) is -0.967. The molecular weight excluding hydrogens is 257 g/mol. The molecule has 2 heterocycles. The number of aromatic nitrogens is 2. The van der Waals surface area contributed by atoms with Crippen LogP contribution in [0.15, 0.2) is 30.6 Å². The molecule has 6 heteroatoms. The number of halogens is 2. The zero-order valence-corrected chi connectivity index (χ0v) is 10.2. The van der Waals surface area contributed by atoms with Crippen molar-refractivity contribution in [3.63, 3.8) is 0 Å². The minimum absolute atomic E-state index is 0.106. The van der Waals surface area contributed by atoms with E-state index in [-0.39, 0.29) is 10.8 Å². The molecule has 2 aromatic rings. The first kappa shape index (κ1) is 12.4. The van der Waals surface area contributed by atoms with Gasteiger partial charge in [0, 0.05) is 6.20 Å². The molecule has 92 valence electrons. The predicted molar refractivity (Wildman–Crippen MR) is 66.1 cm³/mol. The van der Waals surface area contributed by atoms with Gasteiger partial charge >= 0.3 is 0 Å². The number of nitrogens with zero attached hydrogens (tertiary/aromatic N) is 2. The molecular formula is C12H9ClFN3O. The Hall–Kier alpha value is -2.01. The number of anilines is 1. The van der Waals surface area contributed by atoms with Crippen LogP contribution in [0.25, 0.3) is 0 Å². The number of hydrogen-bond acceptors (Lipinski definition) is 3. The van der Waals surface area contributed by atoms with E-state index in [1.165, 1.54) is 6.07 Å². The lowest BCUT2D eigenvalue weighted by Crippen LogP contribution is -2.14. The van der Waals surface area contributed by atoms with E-state index in [1.54, 1.807) is 12.3 Å². The number of nitrogens with one attached hydrogen (secondary N) is 1. The highest BCUT2D eigenvalue weighted by atomic mass is 35.5. The van der Waals surface area contributed by atoms with Gasteiger partial charge in [-0.15, -0.1) is 0 Å². The summed E-state index contributed by atoms with van der Waals surface area (Å²) in [5, 5.41) is 2.76. The number of hydrogen-bond donors (Lipinski definition) is 1. The summed E-state index contributed by atoms with van der Waals surface area (Å²) in [5.41, 5.74) is 1.36. The van der Waals surface area contributed by atoms with Gasteiger partial charge in [0.25, 0.3) is 5.91 Å². The molecule has 1 N–H and O–H groups in total. The lowest BCUT2D eigenvalue weighted by molar-refractivity contribution is 0.102. The number of amides is 1. The predicted octanol–water partition coefficient (Wildman–Crippen LogP) is 2.83. The van der Waals surface area contributed by atoms with Crippen LogP contribution in [0.5, 0.6) is 0 Å². The van der Waals surface area contributed by atoms with E-state index >= 15 is 0 Å². The van der Waals surface area contributed by atoms with Gasteiger partial charge in [0.05, 0.1) is 11.9 Å². The summed E-state index contributed by atoms with van der Waals surface area (Å²) >= 11 is 5.85. The molecule has 0 atom stereocenters. The fourth-order valence-electron chi connectivity index (χ4n) is 1.34. The van der Waals surface area contributed by atoms with E-state index in [1.807, 2.05) is 6.92 Å². The Bertz CT molecular complexity index is 586. The van der Waals surface area contributed by atoms with Crippen LogP contribution < -0.4 is 5.32 Å². The molecule has 0 aliphatic heterocycles. The van der Waals surface area contributed by atoms with Crippen molar-refractivity contribution in [3.8, 4) is 0 Å². The van der Waals surface area contributed by atoms with E-state index in [0.717, 1.165) is 17.8 Å². The van der Waals surface area contributed by atoms with Crippen molar-refractivity contribution in [1.82, 2.24) is 9.97 Å². The monoisotopic (exact) mass is 265 g/mol. The van der Waals surface area contributed by atoms with Crippen LogP contribution in [0.2, 0.25) is 5.15 Å². The maximum absolute atomic E-state index is 12.7. The number of carbonyl (C=O) groups is 1. The standard InChI is InChI=1S/C12H9ClFN3O/c1-7-4-10(11(13)16-5-7)17-12(18)9-3-2-8(14)6-15-9/h2-6H,1H3,(H,17,18). The minimum Gasteiger partial charge on any atom is -0.318 e. The van der Waals surface area contributed by atoms with Gasteiger partial charge in [0.2, 0.25) is 0 Å². The molecule has 0 spiro atoms. The summed E-state index contributed by atoms with van der Waals surface area (Å²) in [7, 11) is 0. The second-order valence-electron chi connectivity index (χ2n) is 3.67. The normalized spacial score (nSPS) is 10.2. The van der Waals surface area contributed by atoms with E-state index in [2.05, 4.69) is 15.3 Å². The van der Waals surface area contributed by atoms with Gasteiger partial charge in [-0.05, 0) is 30.7 Å². The first-order valence-corrected chi connectivity index (χ1v) is 5.49. The third-order valence-corrected chi connectivity index (χ3v) is 2.49. The number of aryl methyl sites for hydroxylation is 1. The molecule has 2 aromatic heterocycles. The molecule has 0 saturated carbocycles. The van der Waals surface area contributed by atoms with Crippen LogP contribution in [-0.4, -0.2) is 15.9 Å². The Morgan fingerprint density at radius 3 is 2.78 bits per heavy atom. The fraction of sp³-hybridized carbons (Fsp3) is 0.0833. The molecule has 0 bridgehead atoms. The first-order valence-electron chi connectivity index (χ1n) is 5.11. The Morgan fingerprint density at radius 1 is 1.33 bits per heavy atom. The van der Waals surface area contributed by atoms with Crippen LogP contribution in [-0.2, 0) is 0 Å². The van der Waals surface area contributed by atoms with E-state index in [4.69, 9.17) is 11.6 Å². The van der Waals surface area contributed by atoms with Gasteiger partial charge in [-0.3, -0.25) is 4.79 Å². The van der Waals surface area contributed by atoms with Crippen molar-refractivity contribution >= 4 is 23.2 Å². The van der Waals surface area contributed by atoms with Crippen LogP contribution in [0.3, 0.4) is 0 Å². The highest BCUT2D eigenvalue weighted by Gasteiger charge is 2.10. The molecule has 0 aromatic carbocycles. The molecule has 18 heavy (non-hydrogen) atoms. The highest BCUT2D eigenvalue weighted by molar-refractivity contribution is 6.32. The molecule has 1 amide bonds. The quantitative estimate of drug-likeness (QED) is 0.850. The summed E-state index contributed by atoms with van der Waals surface area (Å²) in [6.45, 7) is 1.83. The van der Waals surface area contributed by atoms with Gasteiger partial charge in [0.15, 0.2) is 5.15 Å². The summed E-state index contributed by atoms with van der Waals surface area (Å²) in [6.07, 6.45) is 2.57. The molecule has 0 saturated heterocycles. The number of carbonyl (C=O) groups excluding carboxylic acids is 1. The lowest BCUT2D eigenvalue weighted by Gasteiger charge is -2.06. The molecule has 0 fully saturated rings.